The van der Waals surface area contributed by atoms with Gasteiger partial charge in [-0.1, -0.05) is 31.1 Å². The van der Waals surface area contributed by atoms with Gasteiger partial charge in [0.15, 0.2) is 11.6 Å². The van der Waals surface area contributed by atoms with E-state index in [1.807, 2.05) is 31.2 Å². The van der Waals surface area contributed by atoms with E-state index in [0.717, 1.165) is 30.9 Å². The van der Waals surface area contributed by atoms with Gasteiger partial charge in [-0.2, -0.15) is 4.98 Å². The number of nitrogens with one attached hydrogen (secondary N) is 3. The van der Waals surface area contributed by atoms with Crippen molar-refractivity contribution in [2.24, 2.45) is 0 Å². The maximum atomic E-state index is 12.1. The molecule has 3 aromatic rings. The highest BCUT2D eigenvalue weighted by atomic mass is 79.9. The minimum Gasteiger partial charge on any atom is -0.360 e. The minimum absolute atomic E-state index is 0.0787. The second-order valence-electron chi connectivity index (χ2n) is 7.54. The fourth-order valence-electron chi connectivity index (χ4n) is 3.19. The highest BCUT2D eigenvalue weighted by molar-refractivity contribution is 9.10. The number of rotatable bonds is 12. The van der Waals surface area contributed by atoms with Crippen molar-refractivity contribution in [3.63, 3.8) is 0 Å². The molecule has 0 aliphatic heterocycles. The Morgan fingerprint density at radius 2 is 1.91 bits per heavy atom. The Kier molecular flexibility index (Phi) is 9.20. The first-order chi connectivity index (χ1) is 16.0. The van der Waals surface area contributed by atoms with E-state index in [2.05, 4.69) is 65.8 Å². The maximum Gasteiger partial charge on any atom is 0.229 e. The van der Waals surface area contributed by atoms with Gasteiger partial charge >= 0.3 is 0 Å². The lowest BCUT2D eigenvalue weighted by atomic mass is 10.1. The fourth-order valence-corrected chi connectivity index (χ4v) is 3.48. The number of anilines is 4. The van der Waals surface area contributed by atoms with E-state index >= 15 is 0 Å². The SMILES string of the molecule is CCN(CC)CCNC(=O)CCc1ccc(Nc2ncc(Br)c(Nc3cc(C)on3)n2)cc1. The molecule has 1 amide bonds. The average Bonchev–Trinajstić information content (AvgIpc) is 3.23. The number of halogens is 1. The number of hydrogen-bond acceptors (Lipinski definition) is 8. The van der Waals surface area contributed by atoms with Crippen molar-refractivity contribution < 1.29 is 9.32 Å². The topological polar surface area (TPSA) is 108 Å². The minimum atomic E-state index is 0.0787. The number of aryl methyl sites for hydroxylation is 2. The van der Waals surface area contributed by atoms with Crippen LogP contribution in [0.2, 0.25) is 0 Å². The van der Waals surface area contributed by atoms with Crippen LogP contribution in [0.1, 0.15) is 31.6 Å². The zero-order chi connectivity index (χ0) is 23.6. The molecule has 3 N–H and O–H groups in total. The van der Waals surface area contributed by atoms with Gasteiger partial charge in [0.25, 0.3) is 0 Å². The summed E-state index contributed by atoms with van der Waals surface area (Å²) < 4.78 is 5.78. The molecule has 10 heteroatoms. The number of amides is 1. The Morgan fingerprint density at radius 3 is 2.58 bits per heavy atom. The van der Waals surface area contributed by atoms with Gasteiger partial charge in [0, 0.05) is 37.5 Å². The van der Waals surface area contributed by atoms with Crippen LogP contribution in [0.4, 0.5) is 23.3 Å². The largest absolute Gasteiger partial charge is 0.360 e. The number of aromatic nitrogens is 3. The van der Waals surface area contributed by atoms with Crippen LogP contribution in [0, 0.1) is 6.92 Å². The van der Waals surface area contributed by atoms with Crippen LogP contribution in [0.25, 0.3) is 0 Å². The number of carbonyl (C=O) groups excluding carboxylic acids is 1. The van der Waals surface area contributed by atoms with Gasteiger partial charge in [0.05, 0.1) is 4.47 Å². The molecule has 0 spiro atoms. The number of hydrogen-bond donors (Lipinski definition) is 3. The second-order valence-corrected chi connectivity index (χ2v) is 8.39. The van der Waals surface area contributed by atoms with Crippen molar-refractivity contribution in [1.82, 2.24) is 25.3 Å². The van der Waals surface area contributed by atoms with Crippen LogP contribution in [0.5, 0.6) is 0 Å². The Morgan fingerprint density at radius 1 is 1.15 bits per heavy atom. The Balaban J connectivity index is 1.49. The van der Waals surface area contributed by atoms with Crippen LogP contribution in [0.3, 0.4) is 0 Å². The Hall–Kier alpha value is -2.98. The molecule has 3 rings (SSSR count). The zero-order valence-electron chi connectivity index (χ0n) is 19.2. The molecule has 0 aliphatic carbocycles. The summed E-state index contributed by atoms with van der Waals surface area (Å²) in [5.74, 6) is 2.37. The highest BCUT2D eigenvalue weighted by Gasteiger charge is 2.09. The third-order valence-corrected chi connectivity index (χ3v) is 5.69. The van der Waals surface area contributed by atoms with E-state index < -0.39 is 0 Å². The lowest BCUT2D eigenvalue weighted by molar-refractivity contribution is -0.121. The number of nitrogens with zero attached hydrogens (tertiary/aromatic N) is 4. The molecule has 0 aliphatic rings. The molecule has 176 valence electrons. The molecular formula is C23H30BrN7O2. The Labute approximate surface area is 202 Å². The summed E-state index contributed by atoms with van der Waals surface area (Å²) in [6, 6.07) is 9.69. The van der Waals surface area contributed by atoms with Crippen LogP contribution in [-0.4, -0.2) is 52.1 Å². The van der Waals surface area contributed by atoms with E-state index in [0.29, 0.717) is 47.2 Å². The monoisotopic (exact) mass is 515 g/mol. The maximum absolute atomic E-state index is 12.1. The molecule has 2 heterocycles. The molecule has 0 radical (unpaired) electrons. The summed E-state index contributed by atoms with van der Waals surface area (Å²) in [6.45, 7) is 9.64. The van der Waals surface area contributed by atoms with Crippen molar-refractivity contribution in [2.45, 2.75) is 33.6 Å². The first kappa shape index (κ1) is 24.7. The number of likely N-dealkylation sites (N-methyl/N-ethyl adjacent to an activating group) is 1. The molecule has 0 saturated carbocycles. The second kappa shape index (κ2) is 12.3. The molecule has 0 unspecified atom stereocenters. The molecule has 9 nitrogen and oxygen atoms in total. The van der Waals surface area contributed by atoms with Gasteiger partial charge in [-0.05, 0) is 60.1 Å². The van der Waals surface area contributed by atoms with Crippen molar-refractivity contribution >= 4 is 45.1 Å². The highest BCUT2D eigenvalue weighted by Crippen LogP contribution is 2.25. The number of carbonyl (C=O) groups is 1. The smallest absolute Gasteiger partial charge is 0.229 e. The van der Waals surface area contributed by atoms with Crippen molar-refractivity contribution in [1.29, 1.82) is 0 Å². The van der Waals surface area contributed by atoms with Gasteiger partial charge < -0.3 is 25.4 Å². The summed E-state index contributed by atoms with van der Waals surface area (Å²) >= 11 is 3.44. The van der Waals surface area contributed by atoms with Crippen molar-refractivity contribution in [2.75, 3.05) is 36.8 Å². The van der Waals surface area contributed by atoms with Gasteiger partial charge in [0.2, 0.25) is 11.9 Å². The lowest BCUT2D eigenvalue weighted by Crippen LogP contribution is -2.34. The van der Waals surface area contributed by atoms with Crippen LogP contribution in [0.15, 0.2) is 45.5 Å². The zero-order valence-corrected chi connectivity index (χ0v) is 20.8. The third-order valence-electron chi connectivity index (χ3n) is 5.11. The van der Waals surface area contributed by atoms with Crippen LogP contribution in [-0.2, 0) is 11.2 Å². The molecule has 0 bridgehead atoms. The van der Waals surface area contributed by atoms with Gasteiger partial charge in [-0.3, -0.25) is 4.79 Å². The van der Waals surface area contributed by atoms with E-state index in [-0.39, 0.29) is 5.91 Å². The molecule has 0 fully saturated rings. The van der Waals surface area contributed by atoms with E-state index in [1.165, 1.54) is 0 Å². The molecule has 2 aromatic heterocycles. The van der Waals surface area contributed by atoms with E-state index in [9.17, 15) is 4.79 Å². The predicted molar refractivity (Wildman–Crippen MR) is 133 cm³/mol. The molecule has 1 aromatic carbocycles. The van der Waals surface area contributed by atoms with Gasteiger partial charge in [-0.15, -0.1) is 0 Å². The molecule has 33 heavy (non-hydrogen) atoms. The van der Waals surface area contributed by atoms with Crippen LogP contribution < -0.4 is 16.0 Å². The van der Waals surface area contributed by atoms with E-state index in [4.69, 9.17) is 4.52 Å². The summed E-state index contributed by atoms with van der Waals surface area (Å²) in [5.41, 5.74) is 1.95. The van der Waals surface area contributed by atoms with Crippen molar-refractivity contribution in [3.05, 3.63) is 52.3 Å². The van der Waals surface area contributed by atoms with Crippen molar-refractivity contribution in [3.8, 4) is 0 Å². The quantitative estimate of drug-likeness (QED) is 0.325. The normalized spacial score (nSPS) is 10.9. The summed E-state index contributed by atoms with van der Waals surface area (Å²) in [4.78, 5) is 23.2. The third kappa shape index (κ3) is 7.83. The average molecular weight is 516 g/mol. The summed E-state index contributed by atoms with van der Waals surface area (Å²) in [5, 5.41) is 13.2. The van der Waals surface area contributed by atoms with E-state index in [1.54, 1.807) is 12.3 Å². The molecule has 0 saturated heterocycles. The standard InChI is InChI=1S/C23H30BrN7O2/c1-4-31(5-2)13-12-25-21(32)11-8-17-6-9-18(10-7-17)27-23-26-15-19(24)22(29-23)28-20-14-16(3)33-30-20/h6-7,9-10,14-15H,4-5,8,11-13H2,1-3H3,(H,25,32)(H2,26,27,28,29,30). The first-order valence-electron chi connectivity index (χ1n) is 11.0. The fraction of sp³-hybridized carbons (Fsp3) is 0.391. The van der Waals surface area contributed by atoms with Crippen LogP contribution >= 0.6 is 15.9 Å². The first-order valence-corrected chi connectivity index (χ1v) is 11.8. The number of benzene rings is 1. The Bertz CT molecular complexity index is 1040. The lowest BCUT2D eigenvalue weighted by Gasteiger charge is -2.17. The van der Waals surface area contributed by atoms with Gasteiger partial charge in [-0.25, -0.2) is 4.98 Å². The molecular weight excluding hydrogens is 486 g/mol. The predicted octanol–water partition coefficient (Wildman–Crippen LogP) is 4.41. The molecule has 0 atom stereocenters. The van der Waals surface area contributed by atoms with Gasteiger partial charge in [0.1, 0.15) is 5.76 Å². The summed E-state index contributed by atoms with van der Waals surface area (Å²) in [7, 11) is 0. The summed E-state index contributed by atoms with van der Waals surface area (Å²) in [6.07, 6.45) is 2.83.